The predicted octanol–water partition coefficient (Wildman–Crippen LogP) is 4.79. The topological polar surface area (TPSA) is 76.5 Å². The van der Waals surface area contributed by atoms with E-state index in [0.29, 0.717) is 37.4 Å². The highest BCUT2D eigenvalue weighted by atomic mass is 16.5. The summed E-state index contributed by atoms with van der Waals surface area (Å²) in [7, 11) is 0. The van der Waals surface area contributed by atoms with Crippen LogP contribution in [0.5, 0.6) is 5.75 Å². The second kappa shape index (κ2) is 9.60. The molecule has 1 saturated carbocycles. The van der Waals surface area contributed by atoms with Gasteiger partial charge in [-0.2, -0.15) is 0 Å². The maximum Gasteiger partial charge on any atom is 0.291 e. The van der Waals surface area contributed by atoms with Gasteiger partial charge in [0, 0.05) is 12.6 Å². The van der Waals surface area contributed by atoms with Crippen LogP contribution in [0.3, 0.4) is 0 Å². The first kappa shape index (κ1) is 24.3. The molecule has 190 valence electrons. The first-order chi connectivity index (χ1) is 17.3. The number of aromatic nitrogens is 2. The number of amides is 2. The molecular formula is C29H36N4O3. The van der Waals surface area contributed by atoms with Crippen LogP contribution >= 0.6 is 0 Å². The largest absolute Gasteiger partial charge is 0.494 e. The summed E-state index contributed by atoms with van der Waals surface area (Å²) in [6, 6.07) is 15.6. The van der Waals surface area contributed by atoms with Gasteiger partial charge in [0.25, 0.3) is 5.91 Å². The minimum atomic E-state index is -1.06. The maximum absolute atomic E-state index is 14.0. The Bertz CT molecular complexity index is 1270. The minimum Gasteiger partial charge on any atom is -0.494 e. The van der Waals surface area contributed by atoms with E-state index < -0.39 is 5.54 Å². The number of carbonyl (C=O) groups excluding carboxylic acids is 2. The van der Waals surface area contributed by atoms with Crippen LogP contribution in [-0.2, 0) is 17.9 Å². The van der Waals surface area contributed by atoms with E-state index in [1.54, 1.807) is 4.90 Å². The van der Waals surface area contributed by atoms with Gasteiger partial charge in [-0.15, -0.1) is 0 Å². The summed E-state index contributed by atoms with van der Waals surface area (Å²) >= 11 is 0. The SMILES string of the molecule is CCOc1ccc(CN2C(=O)c3nc4ccccc4n3C[C@]2(C)C(=O)N[C@@H]2CCC[C@@H](C)[C@@H]2C)cc1. The van der Waals surface area contributed by atoms with E-state index in [4.69, 9.17) is 4.74 Å². The van der Waals surface area contributed by atoms with Crippen molar-refractivity contribution in [3.8, 4) is 5.75 Å². The molecular weight excluding hydrogens is 452 g/mol. The van der Waals surface area contributed by atoms with Crippen molar-refractivity contribution >= 4 is 22.8 Å². The van der Waals surface area contributed by atoms with Crippen LogP contribution < -0.4 is 10.1 Å². The molecule has 5 rings (SSSR count). The minimum absolute atomic E-state index is 0.101. The van der Waals surface area contributed by atoms with Crippen molar-refractivity contribution < 1.29 is 14.3 Å². The molecule has 2 heterocycles. The molecule has 0 radical (unpaired) electrons. The Kier molecular flexibility index (Phi) is 6.49. The van der Waals surface area contributed by atoms with Gasteiger partial charge in [0.1, 0.15) is 11.3 Å². The Labute approximate surface area is 212 Å². The highest BCUT2D eigenvalue weighted by Gasteiger charge is 2.49. The third-order valence-electron chi connectivity index (χ3n) is 8.24. The number of carbonyl (C=O) groups is 2. The van der Waals surface area contributed by atoms with Crippen LogP contribution in [0.15, 0.2) is 48.5 Å². The average molecular weight is 489 g/mol. The van der Waals surface area contributed by atoms with Gasteiger partial charge in [-0.05, 0) is 61.9 Å². The molecule has 0 spiro atoms. The first-order valence-corrected chi connectivity index (χ1v) is 13.1. The molecule has 2 aromatic carbocycles. The zero-order valence-corrected chi connectivity index (χ0v) is 21.7. The molecule has 1 aliphatic heterocycles. The molecule has 0 saturated heterocycles. The smallest absolute Gasteiger partial charge is 0.291 e. The second-order valence-electron chi connectivity index (χ2n) is 10.6. The van der Waals surface area contributed by atoms with Crippen molar-refractivity contribution in [3.63, 3.8) is 0 Å². The molecule has 3 aromatic rings. The summed E-state index contributed by atoms with van der Waals surface area (Å²) in [6.07, 6.45) is 3.27. The third-order valence-corrected chi connectivity index (χ3v) is 8.24. The van der Waals surface area contributed by atoms with Crippen molar-refractivity contribution in [2.75, 3.05) is 6.61 Å². The van der Waals surface area contributed by atoms with Crippen molar-refractivity contribution in [2.45, 2.75) is 71.6 Å². The van der Waals surface area contributed by atoms with E-state index in [9.17, 15) is 9.59 Å². The number of hydrogen-bond acceptors (Lipinski definition) is 4. The number of benzene rings is 2. The lowest BCUT2D eigenvalue weighted by molar-refractivity contribution is -0.134. The van der Waals surface area contributed by atoms with E-state index in [-0.39, 0.29) is 17.9 Å². The number of imidazole rings is 1. The quantitative estimate of drug-likeness (QED) is 0.541. The lowest BCUT2D eigenvalue weighted by Crippen LogP contribution is -2.65. The molecule has 2 amide bonds. The molecule has 4 atom stereocenters. The molecule has 1 aliphatic carbocycles. The summed E-state index contributed by atoms with van der Waals surface area (Å²) in [5, 5.41) is 3.36. The van der Waals surface area contributed by atoms with Crippen molar-refractivity contribution in [1.29, 1.82) is 0 Å². The lowest BCUT2D eigenvalue weighted by Gasteiger charge is -2.45. The second-order valence-corrected chi connectivity index (χ2v) is 10.6. The number of ether oxygens (including phenoxy) is 1. The Morgan fingerprint density at radius 2 is 1.89 bits per heavy atom. The van der Waals surface area contributed by atoms with Gasteiger partial charge in [0.15, 0.2) is 5.82 Å². The zero-order valence-electron chi connectivity index (χ0n) is 21.7. The van der Waals surface area contributed by atoms with Crippen LogP contribution in [-0.4, -0.2) is 44.5 Å². The summed E-state index contributed by atoms with van der Waals surface area (Å²) in [5.41, 5.74) is 1.52. The summed E-state index contributed by atoms with van der Waals surface area (Å²) < 4.78 is 7.49. The number of para-hydroxylation sites is 2. The summed E-state index contributed by atoms with van der Waals surface area (Å²) in [4.78, 5) is 34.3. The van der Waals surface area contributed by atoms with E-state index in [1.165, 1.54) is 6.42 Å². The average Bonchev–Trinajstić information content (AvgIpc) is 3.24. The first-order valence-electron chi connectivity index (χ1n) is 13.1. The van der Waals surface area contributed by atoms with Crippen molar-refractivity contribution in [1.82, 2.24) is 19.8 Å². The van der Waals surface area contributed by atoms with Gasteiger partial charge < -0.3 is 19.5 Å². The normalized spacial score (nSPS) is 26.1. The zero-order chi connectivity index (χ0) is 25.4. The van der Waals surface area contributed by atoms with Crippen LogP contribution in [0.4, 0.5) is 0 Å². The molecule has 1 aromatic heterocycles. The third kappa shape index (κ3) is 4.25. The van der Waals surface area contributed by atoms with Crippen LogP contribution in [0.25, 0.3) is 11.0 Å². The highest BCUT2D eigenvalue weighted by molar-refractivity contribution is 6.01. The van der Waals surface area contributed by atoms with Crippen molar-refractivity contribution in [3.05, 3.63) is 59.9 Å². The number of hydrogen-bond donors (Lipinski definition) is 1. The van der Waals surface area contributed by atoms with Gasteiger partial charge in [-0.3, -0.25) is 9.59 Å². The highest BCUT2D eigenvalue weighted by Crippen LogP contribution is 2.34. The van der Waals surface area contributed by atoms with E-state index in [1.807, 2.05) is 66.9 Å². The maximum atomic E-state index is 14.0. The van der Waals surface area contributed by atoms with Crippen LogP contribution in [0, 0.1) is 11.8 Å². The van der Waals surface area contributed by atoms with Gasteiger partial charge >= 0.3 is 0 Å². The number of rotatable bonds is 6. The Hall–Kier alpha value is -3.35. The fourth-order valence-corrected chi connectivity index (χ4v) is 5.73. The Balaban J connectivity index is 1.51. The Morgan fingerprint density at radius 3 is 2.64 bits per heavy atom. The molecule has 0 unspecified atom stereocenters. The van der Waals surface area contributed by atoms with Crippen molar-refractivity contribution in [2.24, 2.45) is 11.8 Å². The monoisotopic (exact) mass is 488 g/mol. The fraction of sp³-hybridized carbons (Fsp3) is 0.483. The number of nitrogens with one attached hydrogen (secondary N) is 1. The molecule has 1 fully saturated rings. The summed E-state index contributed by atoms with van der Waals surface area (Å²) in [6.45, 7) is 9.59. The molecule has 7 heteroatoms. The fourth-order valence-electron chi connectivity index (χ4n) is 5.73. The molecule has 2 aliphatic rings. The van der Waals surface area contributed by atoms with Crippen LogP contribution in [0.2, 0.25) is 0 Å². The molecule has 7 nitrogen and oxygen atoms in total. The summed E-state index contributed by atoms with van der Waals surface area (Å²) in [5.74, 6) is 1.80. The standard InChI is InChI=1S/C29H36N4O3/c1-5-36-22-15-13-21(14-16-22)17-33-27(34)26-30-24-10-6-7-12-25(24)32(26)18-29(33,4)28(35)31-23-11-8-9-19(2)20(23)3/h6-7,10,12-16,19-20,23H,5,8-9,11,17-18H2,1-4H3,(H,31,35)/t19-,20+,23-,29-/m1/s1. The van der Waals surface area contributed by atoms with Crippen LogP contribution in [0.1, 0.15) is 63.1 Å². The van der Waals surface area contributed by atoms with E-state index >= 15 is 0 Å². The molecule has 0 bridgehead atoms. The molecule has 36 heavy (non-hydrogen) atoms. The lowest BCUT2D eigenvalue weighted by atomic mass is 9.77. The van der Waals surface area contributed by atoms with E-state index in [0.717, 1.165) is 35.2 Å². The van der Waals surface area contributed by atoms with Gasteiger partial charge in [0.05, 0.1) is 24.2 Å². The number of nitrogens with zero attached hydrogens (tertiary/aromatic N) is 3. The van der Waals surface area contributed by atoms with Gasteiger partial charge in [0.2, 0.25) is 5.91 Å². The molecule has 1 N–H and O–H groups in total. The van der Waals surface area contributed by atoms with E-state index in [2.05, 4.69) is 24.1 Å². The predicted molar refractivity (Wildman–Crippen MR) is 140 cm³/mol. The Morgan fingerprint density at radius 1 is 1.14 bits per heavy atom. The number of fused-ring (bicyclic) bond motifs is 3. The van der Waals surface area contributed by atoms with Gasteiger partial charge in [-0.1, -0.05) is 51.0 Å². The van der Waals surface area contributed by atoms with Gasteiger partial charge in [-0.25, -0.2) is 4.98 Å².